The van der Waals surface area contributed by atoms with Crippen molar-refractivity contribution in [2.24, 2.45) is 0 Å². The van der Waals surface area contributed by atoms with E-state index in [0.717, 1.165) is 29.5 Å². The summed E-state index contributed by atoms with van der Waals surface area (Å²) in [6.07, 6.45) is 2.09. The molecule has 29 heavy (non-hydrogen) atoms. The third-order valence-electron chi connectivity index (χ3n) is 4.40. The summed E-state index contributed by atoms with van der Waals surface area (Å²) in [5.41, 5.74) is 1.03. The molecular weight excluding hydrogens is 503 g/mol. The highest BCUT2D eigenvalue weighted by atomic mass is 127. The highest BCUT2D eigenvalue weighted by Crippen LogP contribution is 2.24. The van der Waals surface area contributed by atoms with Crippen molar-refractivity contribution in [1.29, 1.82) is 0 Å². The molecule has 0 unspecified atom stereocenters. The topological polar surface area (TPSA) is 75.7 Å². The van der Waals surface area contributed by atoms with Crippen LogP contribution in [0.3, 0.4) is 0 Å². The Hall–Kier alpha value is -2.07. The first-order chi connectivity index (χ1) is 14.0. The number of benzene rings is 2. The predicted molar refractivity (Wildman–Crippen MR) is 121 cm³/mol. The van der Waals surface area contributed by atoms with Gasteiger partial charge in [0.1, 0.15) is 0 Å². The van der Waals surface area contributed by atoms with E-state index in [1.54, 1.807) is 24.3 Å². The summed E-state index contributed by atoms with van der Waals surface area (Å²) in [6, 6.07) is 14.3. The Morgan fingerprint density at radius 1 is 1.03 bits per heavy atom. The Bertz CT molecular complexity index is 900. The van der Waals surface area contributed by atoms with Gasteiger partial charge in [0.05, 0.1) is 17.0 Å². The molecule has 3 rings (SSSR count). The lowest BCUT2D eigenvalue weighted by Crippen LogP contribution is -2.29. The molecule has 152 valence electrons. The highest BCUT2D eigenvalue weighted by molar-refractivity contribution is 14.1. The van der Waals surface area contributed by atoms with E-state index < -0.39 is 11.9 Å². The first kappa shape index (κ1) is 21.6. The van der Waals surface area contributed by atoms with E-state index in [2.05, 4.69) is 27.9 Å². The van der Waals surface area contributed by atoms with Gasteiger partial charge in [0.25, 0.3) is 5.91 Å². The smallest absolute Gasteiger partial charge is 0.339 e. The van der Waals surface area contributed by atoms with Gasteiger partial charge in [-0.2, -0.15) is 0 Å². The standard InChI is InChI=1S/C21H21IN2O4S/c22-16-8-2-3-9-17(16)23-19(25)13-28-21(27)15-7-1-4-10-18(15)29-14-20(26)24-11-5-6-12-24/h1-4,7-10H,5-6,11-14H2,(H,23,25). The third kappa shape index (κ3) is 6.20. The van der Waals surface area contributed by atoms with E-state index in [9.17, 15) is 14.4 Å². The molecule has 2 amide bonds. The molecule has 0 radical (unpaired) electrons. The average molecular weight is 524 g/mol. The zero-order valence-electron chi connectivity index (χ0n) is 15.7. The van der Waals surface area contributed by atoms with Gasteiger partial charge in [-0.25, -0.2) is 4.79 Å². The number of nitrogens with one attached hydrogen (secondary N) is 1. The molecule has 2 aromatic rings. The van der Waals surface area contributed by atoms with Crippen molar-refractivity contribution in [2.75, 3.05) is 30.8 Å². The van der Waals surface area contributed by atoms with Crippen molar-refractivity contribution in [3.63, 3.8) is 0 Å². The molecule has 6 nitrogen and oxygen atoms in total. The number of esters is 1. The molecule has 0 aliphatic carbocycles. The quantitative estimate of drug-likeness (QED) is 0.339. The van der Waals surface area contributed by atoms with E-state index in [0.29, 0.717) is 16.1 Å². The second kappa shape index (κ2) is 10.6. The van der Waals surface area contributed by atoms with Crippen molar-refractivity contribution >= 4 is 57.8 Å². The molecule has 1 heterocycles. The number of likely N-dealkylation sites (tertiary alicyclic amines) is 1. The van der Waals surface area contributed by atoms with Crippen LogP contribution >= 0.6 is 34.4 Å². The number of carbonyl (C=O) groups excluding carboxylic acids is 3. The number of halogens is 1. The molecule has 1 N–H and O–H groups in total. The van der Waals surface area contributed by atoms with Crippen LogP contribution in [0.4, 0.5) is 5.69 Å². The van der Waals surface area contributed by atoms with Crippen LogP contribution < -0.4 is 5.32 Å². The predicted octanol–water partition coefficient (Wildman–Crippen LogP) is 3.80. The van der Waals surface area contributed by atoms with Crippen molar-refractivity contribution < 1.29 is 19.1 Å². The van der Waals surface area contributed by atoms with E-state index in [4.69, 9.17) is 4.74 Å². The molecule has 1 aliphatic heterocycles. The van der Waals surface area contributed by atoms with Gasteiger partial charge in [-0.1, -0.05) is 24.3 Å². The van der Waals surface area contributed by atoms with E-state index in [1.165, 1.54) is 11.8 Å². The SMILES string of the molecule is O=C(COC(=O)c1ccccc1SCC(=O)N1CCCC1)Nc1ccccc1I. The minimum absolute atomic E-state index is 0.0764. The first-order valence-corrected chi connectivity index (χ1v) is 11.3. The molecule has 2 aromatic carbocycles. The Morgan fingerprint density at radius 3 is 2.48 bits per heavy atom. The van der Waals surface area contributed by atoms with Gasteiger partial charge in [-0.05, 0) is 59.7 Å². The number of carbonyl (C=O) groups is 3. The van der Waals surface area contributed by atoms with Gasteiger partial charge in [0.15, 0.2) is 6.61 Å². The lowest BCUT2D eigenvalue weighted by Gasteiger charge is -2.15. The molecule has 1 aliphatic rings. The molecule has 0 spiro atoms. The molecule has 0 saturated carbocycles. The third-order valence-corrected chi connectivity index (χ3v) is 6.40. The summed E-state index contributed by atoms with van der Waals surface area (Å²) < 4.78 is 6.08. The number of hydrogen-bond acceptors (Lipinski definition) is 5. The maximum absolute atomic E-state index is 12.5. The fraction of sp³-hybridized carbons (Fsp3) is 0.286. The van der Waals surface area contributed by atoms with Gasteiger partial charge in [-0.3, -0.25) is 9.59 Å². The van der Waals surface area contributed by atoms with Crippen LogP contribution in [0.2, 0.25) is 0 Å². The number of rotatable bonds is 7. The zero-order valence-corrected chi connectivity index (χ0v) is 18.7. The van der Waals surface area contributed by atoms with Crippen molar-refractivity contribution in [1.82, 2.24) is 4.90 Å². The van der Waals surface area contributed by atoms with Crippen molar-refractivity contribution in [2.45, 2.75) is 17.7 Å². The number of ether oxygens (including phenoxy) is 1. The zero-order chi connectivity index (χ0) is 20.6. The maximum atomic E-state index is 12.5. The number of para-hydroxylation sites is 1. The largest absolute Gasteiger partial charge is 0.452 e. The summed E-state index contributed by atoms with van der Waals surface area (Å²) >= 11 is 3.44. The van der Waals surface area contributed by atoms with Gasteiger partial charge in [0.2, 0.25) is 5.91 Å². The minimum atomic E-state index is -0.584. The number of anilines is 1. The number of hydrogen-bond donors (Lipinski definition) is 1. The second-order valence-corrected chi connectivity index (χ2v) is 8.66. The number of amides is 2. The lowest BCUT2D eigenvalue weighted by molar-refractivity contribution is -0.127. The molecule has 0 aromatic heterocycles. The summed E-state index contributed by atoms with van der Waals surface area (Å²) in [4.78, 5) is 39.3. The van der Waals surface area contributed by atoms with Crippen LogP contribution in [0.25, 0.3) is 0 Å². The number of nitrogens with zero attached hydrogens (tertiary/aromatic N) is 1. The Kier molecular flexibility index (Phi) is 7.93. The monoisotopic (exact) mass is 524 g/mol. The number of thioether (sulfide) groups is 1. The van der Waals surface area contributed by atoms with Crippen LogP contribution in [-0.2, 0) is 14.3 Å². The average Bonchev–Trinajstić information content (AvgIpc) is 3.27. The summed E-state index contributed by atoms with van der Waals surface area (Å²) in [5, 5.41) is 2.72. The van der Waals surface area contributed by atoms with Crippen LogP contribution in [0.5, 0.6) is 0 Å². The van der Waals surface area contributed by atoms with Gasteiger partial charge < -0.3 is 15.0 Å². The molecule has 0 atom stereocenters. The van der Waals surface area contributed by atoms with Gasteiger partial charge >= 0.3 is 5.97 Å². The van der Waals surface area contributed by atoms with Crippen LogP contribution in [0, 0.1) is 3.57 Å². The Balaban J connectivity index is 1.54. The fourth-order valence-corrected chi connectivity index (χ4v) is 4.38. The molecule has 8 heteroatoms. The second-order valence-electron chi connectivity index (χ2n) is 6.48. The molecule has 1 saturated heterocycles. The van der Waals surface area contributed by atoms with Crippen LogP contribution in [0.1, 0.15) is 23.2 Å². The lowest BCUT2D eigenvalue weighted by atomic mass is 10.2. The van der Waals surface area contributed by atoms with E-state index >= 15 is 0 Å². The summed E-state index contributed by atoms with van der Waals surface area (Å²) in [5.74, 6) is -0.638. The van der Waals surface area contributed by atoms with Crippen molar-refractivity contribution in [3.05, 3.63) is 57.7 Å². The molecule has 0 bridgehead atoms. The summed E-state index contributed by atoms with van der Waals surface area (Å²) in [7, 11) is 0. The van der Waals surface area contributed by atoms with Crippen molar-refractivity contribution in [3.8, 4) is 0 Å². The van der Waals surface area contributed by atoms with Crippen LogP contribution in [0.15, 0.2) is 53.4 Å². The summed E-state index contributed by atoms with van der Waals surface area (Å²) in [6.45, 7) is 1.23. The Labute approximate surface area is 187 Å². The van der Waals surface area contributed by atoms with E-state index in [-0.39, 0.29) is 18.3 Å². The maximum Gasteiger partial charge on any atom is 0.339 e. The van der Waals surface area contributed by atoms with Gasteiger partial charge in [-0.15, -0.1) is 11.8 Å². The Morgan fingerprint density at radius 2 is 1.72 bits per heavy atom. The first-order valence-electron chi connectivity index (χ1n) is 9.25. The molecule has 1 fully saturated rings. The normalized spacial score (nSPS) is 13.2. The van der Waals surface area contributed by atoms with Gasteiger partial charge in [0, 0.05) is 21.6 Å². The van der Waals surface area contributed by atoms with Crippen LogP contribution in [-0.4, -0.2) is 48.1 Å². The fourth-order valence-electron chi connectivity index (χ4n) is 2.92. The highest BCUT2D eigenvalue weighted by Gasteiger charge is 2.20. The molecular formula is C21H21IN2O4S. The minimum Gasteiger partial charge on any atom is -0.452 e. The van der Waals surface area contributed by atoms with E-state index in [1.807, 2.05) is 29.2 Å².